The summed E-state index contributed by atoms with van der Waals surface area (Å²) < 4.78 is 10.9. The third-order valence-electron chi connectivity index (χ3n) is 1.92. The molecule has 0 spiro atoms. The van der Waals surface area contributed by atoms with Crippen LogP contribution in [0.4, 0.5) is 0 Å². The van der Waals surface area contributed by atoms with Gasteiger partial charge in [-0.25, -0.2) is 0 Å². The molecule has 0 aliphatic heterocycles. The largest absolute Gasteiger partial charge is 0.353 e. The summed E-state index contributed by atoms with van der Waals surface area (Å²) in [6.45, 7) is 7.47. The fraction of sp³-hybridized carbons (Fsp3) is 1.00. The summed E-state index contributed by atoms with van der Waals surface area (Å²) in [4.78, 5) is 0. The number of hydrogen-bond acceptors (Lipinski definition) is 4. The number of thioether (sulfide) groups is 1. The van der Waals surface area contributed by atoms with E-state index in [9.17, 15) is 0 Å². The average Bonchev–Trinajstić information content (AvgIpc) is 2.17. The summed E-state index contributed by atoms with van der Waals surface area (Å²) in [5, 5.41) is 0. The van der Waals surface area contributed by atoms with Crippen molar-refractivity contribution in [2.24, 2.45) is 5.73 Å². The zero-order valence-electron chi connectivity index (χ0n) is 10.2. The van der Waals surface area contributed by atoms with Crippen LogP contribution in [-0.2, 0) is 9.47 Å². The van der Waals surface area contributed by atoms with Crippen LogP contribution in [0.2, 0.25) is 0 Å². The first kappa shape index (κ1) is 15.2. The van der Waals surface area contributed by atoms with E-state index in [4.69, 9.17) is 15.2 Å². The molecule has 4 heteroatoms. The maximum absolute atomic E-state index is 5.67. The lowest BCUT2D eigenvalue weighted by molar-refractivity contribution is -0.136. The van der Waals surface area contributed by atoms with E-state index in [0.29, 0.717) is 6.04 Å². The highest BCUT2D eigenvalue weighted by molar-refractivity contribution is 7.99. The van der Waals surface area contributed by atoms with Gasteiger partial charge in [0.1, 0.15) is 0 Å². The van der Waals surface area contributed by atoms with Crippen LogP contribution in [0, 0.1) is 0 Å². The van der Waals surface area contributed by atoms with E-state index in [1.165, 1.54) is 0 Å². The van der Waals surface area contributed by atoms with Gasteiger partial charge in [0.05, 0.1) is 0 Å². The van der Waals surface area contributed by atoms with Gasteiger partial charge in [-0.1, -0.05) is 0 Å². The Kier molecular flexibility index (Phi) is 10.9. The number of rotatable bonds is 10. The molecule has 92 valence electrons. The molecular formula is C11H25NO2S. The zero-order valence-corrected chi connectivity index (χ0v) is 11.0. The minimum atomic E-state index is -0.0252. The predicted octanol–water partition coefficient (Wildman–Crippen LogP) is 2.25. The molecule has 0 aliphatic rings. The highest BCUT2D eigenvalue weighted by atomic mass is 32.2. The Morgan fingerprint density at radius 2 is 1.60 bits per heavy atom. The van der Waals surface area contributed by atoms with Crippen LogP contribution in [0.1, 0.15) is 33.6 Å². The molecule has 0 aromatic heterocycles. The van der Waals surface area contributed by atoms with E-state index in [0.717, 1.165) is 37.6 Å². The molecule has 0 radical (unpaired) electrons. The molecule has 0 fully saturated rings. The van der Waals surface area contributed by atoms with Gasteiger partial charge in [0.2, 0.25) is 0 Å². The highest BCUT2D eigenvalue weighted by Crippen LogP contribution is 2.10. The van der Waals surface area contributed by atoms with Gasteiger partial charge in [0, 0.05) is 25.7 Å². The molecule has 3 nitrogen and oxygen atoms in total. The number of ether oxygens (including phenoxy) is 2. The van der Waals surface area contributed by atoms with Crippen LogP contribution < -0.4 is 5.73 Å². The summed E-state index contributed by atoms with van der Waals surface area (Å²) >= 11 is 1.92. The molecular weight excluding hydrogens is 210 g/mol. The van der Waals surface area contributed by atoms with Crippen molar-refractivity contribution < 1.29 is 9.47 Å². The standard InChI is InChI=1S/C11H25NO2S/c1-4-13-11(14-5-2)7-9-15-8-6-10(3)12/h10-11H,4-9,12H2,1-3H3. The molecule has 2 N–H and O–H groups in total. The van der Waals surface area contributed by atoms with Crippen molar-refractivity contribution in [2.45, 2.75) is 45.9 Å². The van der Waals surface area contributed by atoms with Crippen LogP contribution in [0.3, 0.4) is 0 Å². The van der Waals surface area contributed by atoms with E-state index < -0.39 is 0 Å². The topological polar surface area (TPSA) is 44.5 Å². The van der Waals surface area contributed by atoms with Crippen molar-refractivity contribution >= 4 is 11.8 Å². The molecule has 0 saturated carbocycles. The Balaban J connectivity index is 3.36. The number of hydrogen-bond donors (Lipinski definition) is 1. The summed E-state index contributed by atoms with van der Waals surface area (Å²) in [6.07, 6.45) is 2.02. The molecule has 0 heterocycles. The van der Waals surface area contributed by atoms with Crippen molar-refractivity contribution in [1.29, 1.82) is 0 Å². The van der Waals surface area contributed by atoms with Gasteiger partial charge in [-0.15, -0.1) is 0 Å². The SMILES string of the molecule is CCOC(CCSCCC(C)N)OCC. The van der Waals surface area contributed by atoms with Crippen molar-refractivity contribution in [1.82, 2.24) is 0 Å². The molecule has 1 unspecified atom stereocenters. The molecule has 0 aromatic carbocycles. The van der Waals surface area contributed by atoms with Gasteiger partial charge in [-0.3, -0.25) is 0 Å². The fourth-order valence-electron chi connectivity index (χ4n) is 1.14. The Morgan fingerprint density at radius 1 is 1.07 bits per heavy atom. The third kappa shape index (κ3) is 10.5. The summed E-state index contributed by atoms with van der Waals surface area (Å²) in [5.41, 5.74) is 5.67. The normalized spacial score (nSPS) is 13.4. The van der Waals surface area contributed by atoms with Crippen molar-refractivity contribution in [3.63, 3.8) is 0 Å². The molecule has 0 saturated heterocycles. The lowest BCUT2D eigenvalue weighted by Crippen LogP contribution is -2.18. The first-order valence-corrected chi connectivity index (χ1v) is 6.92. The van der Waals surface area contributed by atoms with Gasteiger partial charge in [0.15, 0.2) is 6.29 Å². The van der Waals surface area contributed by atoms with E-state index >= 15 is 0 Å². The summed E-state index contributed by atoms with van der Waals surface area (Å²) in [7, 11) is 0. The Labute approximate surface area is 98.1 Å². The van der Waals surface area contributed by atoms with Crippen LogP contribution in [0.15, 0.2) is 0 Å². The van der Waals surface area contributed by atoms with Crippen LogP contribution in [0.25, 0.3) is 0 Å². The fourth-order valence-corrected chi connectivity index (χ4v) is 2.24. The van der Waals surface area contributed by atoms with Crippen LogP contribution in [-0.4, -0.2) is 37.1 Å². The molecule has 0 amide bonds. The van der Waals surface area contributed by atoms with Crippen molar-refractivity contribution in [3.05, 3.63) is 0 Å². The maximum atomic E-state index is 5.67. The molecule has 0 bridgehead atoms. The van der Waals surface area contributed by atoms with E-state index in [2.05, 4.69) is 0 Å². The van der Waals surface area contributed by atoms with Crippen molar-refractivity contribution in [3.8, 4) is 0 Å². The zero-order chi connectivity index (χ0) is 11.5. The van der Waals surface area contributed by atoms with Gasteiger partial charge in [-0.2, -0.15) is 11.8 Å². The molecule has 0 aromatic rings. The maximum Gasteiger partial charge on any atom is 0.158 e. The third-order valence-corrected chi connectivity index (χ3v) is 2.97. The van der Waals surface area contributed by atoms with Crippen LogP contribution in [0.5, 0.6) is 0 Å². The molecule has 15 heavy (non-hydrogen) atoms. The second-order valence-corrected chi connectivity index (χ2v) is 4.73. The van der Waals surface area contributed by atoms with Crippen molar-refractivity contribution in [2.75, 3.05) is 24.7 Å². The van der Waals surface area contributed by atoms with E-state index in [1.54, 1.807) is 0 Å². The molecule has 1 atom stereocenters. The highest BCUT2D eigenvalue weighted by Gasteiger charge is 2.07. The van der Waals surface area contributed by atoms with Crippen LogP contribution >= 0.6 is 11.8 Å². The number of nitrogens with two attached hydrogens (primary N) is 1. The Hall–Kier alpha value is 0.230. The minimum absolute atomic E-state index is 0.0252. The first-order valence-electron chi connectivity index (χ1n) is 5.77. The summed E-state index contributed by atoms with van der Waals surface area (Å²) in [5.74, 6) is 2.21. The lowest BCUT2D eigenvalue weighted by atomic mass is 10.3. The lowest BCUT2D eigenvalue weighted by Gasteiger charge is -2.16. The van der Waals surface area contributed by atoms with E-state index in [1.807, 2.05) is 32.5 Å². The summed E-state index contributed by atoms with van der Waals surface area (Å²) in [6, 6.07) is 0.312. The smallest absolute Gasteiger partial charge is 0.158 e. The van der Waals surface area contributed by atoms with Gasteiger partial charge < -0.3 is 15.2 Å². The Bertz CT molecular complexity index is 128. The quantitative estimate of drug-likeness (QED) is 0.466. The van der Waals surface area contributed by atoms with E-state index in [-0.39, 0.29) is 6.29 Å². The predicted molar refractivity (Wildman–Crippen MR) is 67.2 cm³/mol. The Morgan fingerprint density at radius 3 is 2.07 bits per heavy atom. The van der Waals surface area contributed by atoms with Gasteiger partial charge >= 0.3 is 0 Å². The minimum Gasteiger partial charge on any atom is -0.353 e. The second kappa shape index (κ2) is 10.7. The second-order valence-electron chi connectivity index (χ2n) is 3.51. The monoisotopic (exact) mass is 235 g/mol. The molecule has 0 rings (SSSR count). The molecule has 0 aliphatic carbocycles. The van der Waals surface area contributed by atoms with Gasteiger partial charge in [0.25, 0.3) is 0 Å². The first-order chi connectivity index (χ1) is 7.20. The average molecular weight is 235 g/mol. The van der Waals surface area contributed by atoms with Gasteiger partial charge in [-0.05, 0) is 38.7 Å².